The number of rotatable bonds is 6. The average Bonchev–Trinajstić information content (AvgIpc) is 3.23. The summed E-state index contributed by atoms with van der Waals surface area (Å²) < 4.78 is 13.1. The van der Waals surface area contributed by atoms with Gasteiger partial charge in [-0.15, -0.1) is 0 Å². The van der Waals surface area contributed by atoms with Gasteiger partial charge in [0.2, 0.25) is 0 Å². The molecule has 0 unspecified atom stereocenters. The number of pyridine rings is 1. The summed E-state index contributed by atoms with van der Waals surface area (Å²) in [5.41, 5.74) is 3.21. The molecule has 6 nitrogen and oxygen atoms in total. The van der Waals surface area contributed by atoms with Crippen LogP contribution in [0.5, 0.6) is 5.75 Å². The van der Waals surface area contributed by atoms with Crippen molar-refractivity contribution in [2.75, 3.05) is 26.2 Å². The van der Waals surface area contributed by atoms with E-state index in [1.165, 1.54) is 5.56 Å². The zero-order chi connectivity index (χ0) is 22.1. The number of ether oxygens (including phenoxy) is 1. The number of aromatic nitrogens is 2. The van der Waals surface area contributed by atoms with Crippen molar-refractivity contribution in [1.82, 2.24) is 14.6 Å². The lowest BCUT2D eigenvalue weighted by Crippen LogP contribution is -2.34. The van der Waals surface area contributed by atoms with E-state index in [9.17, 15) is 4.79 Å². The third-order valence-corrected chi connectivity index (χ3v) is 6.57. The molecule has 166 valence electrons. The van der Waals surface area contributed by atoms with Crippen molar-refractivity contribution in [1.29, 1.82) is 0 Å². The number of hydrogen-bond donors (Lipinski definition) is 0. The standard InChI is InChI=1S/C26H29N3O3/c1-18-4-7-22-24(16-18)32-27-25(22)20-9-13-29(14-10-20)11-3-15-31-21-6-5-19-8-12-28(2)26(30)23(19)17-21/h4-8,12,16-17,20H,3,9-11,13-15H2,1-2H3. The predicted octanol–water partition coefficient (Wildman–Crippen LogP) is 4.64. The molecular formula is C26H29N3O3. The molecule has 3 heterocycles. The summed E-state index contributed by atoms with van der Waals surface area (Å²) in [6, 6.07) is 14.0. The largest absolute Gasteiger partial charge is 0.494 e. The van der Waals surface area contributed by atoms with E-state index in [0.29, 0.717) is 17.9 Å². The summed E-state index contributed by atoms with van der Waals surface area (Å²) >= 11 is 0. The number of nitrogens with zero attached hydrogens (tertiary/aromatic N) is 3. The lowest BCUT2D eigenvalue weighted by molar-refractivity contribution is 0.191. The minimum absolute atomic E-state index is 0.00541. The smallest absolute Gasteiger partial charge is 0.258 e. The van der Waals surface area contributed by atoms with E-state index in [-0.39, 0.29) is 5.56 Å². The fourth-order valence-electron chi connectivity index (χ4n) is 4.67. The van der Waals surface area contributed by atoms with Gasteiger partial charge in [0.1, 0.15) is 5.75 Å². The molecule has 1 fully saturated rings. The van der Waals surface area contributed by atoms with Crippen LogP contribution in [0.4, 0.5) is 0 Å². The van der Waals surface area contributed by atoms with Crippen molar-refractivity contribution < 1.29 is 9.26 Å². The Morgan fingerprint density at radius 3 is 2.78 bits per heavy atom. The van der Waals surface area contributed by atoms with Crippen molar-refractivity contribution >= 4 is 21.7 Å². The van der Waals surface area contributed by atoms with Crippen molar-refractivity contribution in [3.05, 3.63) is 70.3 Å². The van der Waals surface area contributed by atoms with Crippen LogP contribution < -0.4 is 10.3 Å². The lowest BCUT2D eigenvalue weighted by atomic mass is 9.91. The van der Waals surface area contributed by atoms with Gasteiger partial charge in [-0.1, -0.05) is 17.3 Å². The second-order valence-corrected chi connectivity index (χ2v) is 8.87. The van der Waals surface area contributed by atoms with Gasteiger partial charge in [0, 0.05) is 31.1 Å². The molecule has 2 aromatic heterocycles. The minimum atomic E-state index is 0.00541. The van der Waals surface area contributed by atoms with Gasteiger partial charge >= 0.3 is 0 Å². The van der Waals surface area contributed by atoms with Crippen molar-refractivity contribution in [2.45, 2.75) is 32.1 Å². The van der Waals surface area contributed by atoms with Gasteiger partial charge in [-0.05, 0) is 80.6 Å². The monoisotopic (exact) mass is 431 g/mol. The van der Waals surface area contributed by atoms with E-state index >= 15 is 0 Å². The first kappa shape index (κ1) is 20.8. The molecule has 5 rings (SSSR count). The zero-order valence-corrected chi connectivity index (χ0v) is 18.7. The third kappa shape index (κ3) is 4.15. The van der Waals surface area contributed by atoms with Crippen LogP contribution in [-0.4, -0.2) is 40.9 Å². The van der Waals surface area contributed by atoms with Gasteiger partial charge in [0.15, 0.2) is 5.58 Å². The van der Waals surface area contributed by atoms with E-state index in [0.717, 1.165) is 66.7 Å². The Hall–Kier alpha value is -3.12. The third-order valence-electron chi connectivity index (χ3n) is 6.57. The molecule has 6 heteroatoms. The molecule has 1 saturated heterocycles. The summed E-state index contributed by atoms with van der Waals surface area (Å²) in [7, 11) is 1.77. The van der Waals surface area contributed by atoms with Gasteiger partial charge in [-0.25, -0.2) is 0 Å². The molecule has 2 aromatic carbocycles. The number of piperidine rings is 1. The zero-order valence-electron chi connectivity index (χ0n) is 18.7. The summed E-state index contributed by atoms with van der Waals surface area (Å²) in [6.07, 6.45) is 4.96. The molecule has 4 aromatic rings. The van der Waals surface area contributed by atoms with E-state index in [2.05, 4.69) is 35.2 Å². The first-order valence-electron chi connectivity index (χ1n) is 11.4. The van der Waals surface area contributed by atoms with Crippen LogP contribution in [0.1, 0.15) is 36.4 Å². The van der Waals surface area contributed by atoms with Gasteiger partial charge in [-0.2, -0.15) is 0 Å². The Labute approximate surface area is 187 Å². The highest BCUT2D eigenvalue weighted by Gasteiger charge is 2.24. The van der Waals surface area contributed by atoms with Crippen LogP contribution in [0.2, 0.25) is 0 Å². The fraction of sp³-hybridized carbons (Fsp3) is 0.385. The van der Waals surface area contributed by atoms with Gasteiger partial charge in [0.05, 0.1) is 17.7 Å². The van der Waals surface area contributed by atoms with E-state index in [1.807, 2.05) is 24.3 Å². The number of aryl methyl sites for hydroxylation is 2. The molecular weight excluding hydrogens is 402 g/mol. The molecule has 1 aliphatic rings. The summed E-state index contributed by atoms with van der Waals surface area (Å²) in [4.78, 5) is 14.8. The second kappa shape index (κ2) is 8.79. The van der Waals surface area contributed by atoms with Crippen molar-refractivity contribution in [3.8, 4) is 5.75 Å². The lowest BCUT2D eigenvalue weighted by Gasteiger charge is -2.31. The Balaban J connectivity index is 1.11. The molecule has 0 aliphatic carbocycles. The fourth-order valence-corrected chi connectivity index (χ4v) is 4.67. The minimum Gasteiger partial charge on any atom is -0.494 e. The molecule has 0 bridgehead atoms. The van der Waals surface area contributed by atoms with E-state index in [1.54, 1.807) is 17.8 Å². The normalized spacial score (nSPS) is 15.6. The second-order valence-electron chi connectivity index (χ2n) is 8.87. The first-order chi connectivity index (χ1) is 15.6. The molecule has 0 amide bonds. The van der Waals surface area contributed by atoms with E-state index < -0.39 is 0 Å². The number of hydrogen-bond acceptors (Lipinski definition) is 5. The maximum atomic E-state index is 12.3. The van der Waals surface area contributed by atoms with Crippen LogP contribution in [0, 0.1) is 6.92 Å². The van der Waals surface area contributed by atoms with Crippen molar-refractivity contribution in [2.24, 2.45) is 7.05 Å². The number of benzene rings is 2. The maximum absolute atomic E-state index is 12.3. The molecule has 0 spiro atoms. The molecule has 0 atom stereocenters. The highest BCUT2D eigenvalue weighted by molar-refractivity contribution is 5.83. The molecule has 0 radical (unpaired) electrons. The van der Waals surface area contributed by atoms with Crippen LogP contribution in [-0.2, 0) is 7.05 Å². The molecule has 0 saturated carbocycles. The van der Waals surface area contributed by atoms with Crippen molar-refractivity contribution in [3.63, 3.8) is 0 Å². The summed E-state index contributed by atoms with van der Waals surface area (Å²) in [5, 5.41) is 7.19. The number of likely N-dealkylation sites (tertiary alicyclic amines) is 1. The van der Waals surface area contributed by atoms with E-state index in [4.69, 9.17) is 9.26 Å². The van der Waals surface area contributed by atoms with Gasteiger partial charge < -0.3 is 18.7 Å². The van der Waals surface area contributed by atoms with Crippen LogP contribution in [0.3, 0.4) is 0 Å². The Kier molecular flexibility index (Phi) is 5.70. The SMILES string of the molecule is Cc1ccc2c(C3CCN(CCCOc4ccc5ccn(C)c(=O)c5c4)CC3)noc2c1. The quantitative estimate of drug-likeness (QED) is 0.416. The predicted molar refractivity (Wildman–Crippen MR) is 126 cm³/mol. The van der Waals surface area contributed by atoms with Crippen LogP contribution >= 0.6 is 0 Å². The number of fused-ring (bicyclic) bond motifs is 2. The van der Waals surface area contributed by atoms with Crippen LogP contribution in [0.15, 0.2) is 58.0 Å². The first-order valence-corrected chi connectivity index (χ1v) is 11.4. The van der Waals surface area contributed by atoms with Crippen LogP contribution in [0.25, 0.3) is 21.7 Å². The Bertz CT molecular complexity index is 1300. The average molecular weight is 432 g/mol. The summed E-state index contributed by atoms with van der Waals surface area (Å²) in [6.45, 7) is 5.87. The Morgan fingerprint density at radius 1 is 1.09 bits per heavy atom. The molecule has 0 N–H and O–H groups in total. The van der Waals surface area contributed by atoms with Gasteiger partial charge in [0.25, 0.3) is 5.56 Å². The highest BCUT2D eigenvalue weighted by atomic mass is 16.5. The van der Waals surface area contributed by atoms with Gasteiger partial charge in [-0.3, -0.25) is 4.79 Å². The Morgan fingerprint density at radius 2 is 1.94 bits per heavy atom. The topological polar surface area (TPSA) is 60.5 Å². The maximum Gasteiger partial charge on any atom is 0.258 e. The highest BCUT2D eigenvalue weighted by Crippen LogP contribution is 2.32. The summed E-state index contributed by atoms with van der Waals surface area (Å²) in [5.74, 6) is 1.22. The molecule has 32 heavy (non-hydrogen) atoms. The molecule has 1 aliphatic heterocycles.